The molecule has 0 aliphatic heterocycles. The number of aliphatic hydroxyl groups is 1. The molecule has 8 heteroatoms. The number of aryl methyl sites for hydroxylation is 1. The quantitative estimate of drug-likeness (QED) is 0.488. The number of aliphatic hydroxyl groups excluding tert-OH is 1. The predicted molar refractivity (Wildman–Crippen MR) is 117 cm³/mol. The zero-order valence-electron chi connectivity index (χ0n) is 16.7. The lowest BCUT2D eigenvalue weighted by molar-refractivity contribution is 0.191. The predicted octanol–water partition coefficient (Wildman–Crippen LogP) is 3.30. The molecule has 29 heavy (non-hydrogen) atoms. The molecule has 1 unspecified atom stereocenters. The molecule has 4 rings (SSSR count). The van der Waals surface area contributed by atoms with Crippen LogP contribution in [0.3, 0.4) is 0 Å². The number of nitrogens with one attached hydrogen (secondary N) is 1. The van der Waals surface area contributed by atoms with Crippen molar-refractivity contribution in [2.24, 2.45) is 7.05 Å². The van der Waals surface area contributed by atoms with Crippen LogP contribution >= 0.6 is 11.3 Å². The van der Waals surface area contributed by atoms with Crippen LogP contribution in [0.5, 0.6) is 0 Å². The Bertz CT molecular complexity index is 1110. The Morgan fingerprint density at radius 3 is 2.69 bits per heavy atom. The van der Waals surface area contributed by atoms with Crippen LogP contribution in [0.4, 0.5) is 5.82 Å². The highest BCUT2D eigenvalue weighted by atomic mass is 32.1. The molecular weight excluding hydrogens is 384 g/mol. The van der Waals surface area contributed by atoms with Crippen molar-refractivity contribution >= 4 is 27.4 Å². The summed E-state index contributed by atoms with van der Waals surface area (Å²) in [5.41, 5.74) is 2.99. The van der Waals surface area contributed by atoms with Crippen LogP contribution < -0.4 is 5.32 Å². The summed E-state index contributed by atoms with van der Waals surface area (Å²) >= 11 is 1.61. The molecule has 0 bridgehead atoms. The van der Waals surface area contributed by atoms with Gasteiger partial charge in [-0.05, 0) is 19.7 Å². The van der Waals surface area contributed by atoms with Gasteiger partial charge in [0.25, 0.3) is 0 Å². The van der Waals surface area contributed by atoms with Crippen molar-refractivity contribution in [2.45, 2.75) is 12.6 Å². The minimum atomic E-state index is -0.676. The fourth-order valence-corrected chi connectivity index (χ4v) is 4.19. The highest BCUT2D eigenvalue weighted by molar-refractivity contribution is 7.17. The van der Waals surface area contributed by atoms with E-state index in [1.807, 2.05) is 50.4 Å². The van der Waals surface area contributed by atoms with E-state index < -0.39 is 6.10 Å². The maximum Gasteiger partial charge on any atom is 0.146 e. The summed E-state index contributed by atoms with van der Waals surface area (Å²) in [4.78, 5) is 12.5. The molecule has 0 spiro atoms. The first-order valence-electron chi connectivity index (χ1n) is 9.40. The summed E-state index contributed by atoms with van der Waals surface area (Å²) < 4.78 is 1.68. The number of rotatable bonds is 7. The summed E-state index contributed by atoms with van der Waals surface area (Å²) in [6, 6.07) is 10.2. The molecular formula is C21H24N6OS. The summed E-state index contributed by atoms with van der Waals surface area (Å²) in [5.74, 6) is 1.50. The zero-order chi connectivity index (χ0) is 20.4. The summed E-state index contributed by atoms with van der Waals surface area (Å²) in [7, 11) is 5.83. The average molecular weight is 409 g/mol. The molecule has 150 valence electrons. The van der Waals surface area contributed by atoms with Crippen LogP contribution in [0, 0.1) is 0 Å². The van der Waals surface area contributed by atoms with Crippen LogP contribution in [0.15, 0.2) is 48.1 Å². The average Bonchev–Trinajstić information content (AvgIpc) is 3.32. The monoisotopic (exact) mass is 408 g/mol. The van der Waals surface area contributed by atoms with Gasteiger partial charge in [0, 0.05) is 36.3 Å². The molecule has 0 aliphatic carbocycles. The van der Waals surface area contributed by atoms with Gasteiger partial charge in [-0.25, -0.2) is 9.97 Å². The molecule has 0 aliphatic rings. The highest BCUT2D eigenvalue weighted by Gasteiger charge is 2.17. The van der Waals surface area contributed by atoms with Crippen LogP contribution in [0.2, 0.25) is 0 Å². The summed E-state index contributed by atoms with van der Waals surface area (Å²) in [6.07, 6.45) is 2.82. The lowest BCUT2D eigenvalue weighted by Gasteiger charge is -2.15. The van der Waals surface area contributed by atoms with Gasteiger partial charge in [0.1, 0.15) is 16.5 Å². The summed E-state index contributed by atoms with van der Waals surface area (Å²) in [5, 5.41) is 21.2. The lowest BCUT2D eigenvalue weighted by atomic mass is 10.1. The van der Waals surface area contributed by atoms with E-state index in [2.05, 4.69) is 27.9 Å². The Morgan fingerprint density at radius 2 is 2.00 bits per heavy atom. The van der Waals surface area contributed by atoms with Gasteiger partial charge in [-0.1, -0.05) is 30.3 Å². The number of benzene rings is 1. The van der Waals surface area contributed by atoms with Crippen molar-refractivity contribution in [1.29, 1.82) is 0 Å². The topological polar surface area (TPSA) is 79.1 Å². The van der Waals surface area contributed by atoms with Crippen molar-refractivity contribution in [3.05, 3.63) is 59.5 Å². The number of hydrogen-bond acceptors (Lipinski definition) is 7. The normalized spacial score (nSPS) is 12.6. The maximum absolute atomic E-state index is 10.6. The molecule has 1 aromatic carbocycles. The van der Waals surface area contributed by atoms with E-state index >= 15 is 0 Å². The second-order valence-corrected chi connectivity index (χ2v) is 8.12. The maximum atomic E-state index is 10.6. The number of aromatic nitrogens is 4. The Hall–Kier alpha value is -2.81. The second-order valence-electron chi connectivity index (χ2n) is 7.27. The van der Waals surface area contributed by atoms with Crippen LogP contribution in [-0.2, 0) is 13.6 Å². The molecule has 3 aromatic heterocycles. The molecule has 1 atom stereocenters. The SMILES string of the molecule is CN(C)Cc1nc(NCC(O)c2cnn(C)c2)c2c(-c3ccccc3)csc2n1. The van der Waals surface area contributed by atoms with E-state index in [4.69, 9.17) is 9.97 Å². The van der Waals surface area contributed by atoms with E-state index in [1.54, 1.807) is 22.2 Å². The molecule has 0 amide bonds. The van der Waals surface area contributed by atoms with Crippen molar-refractivity contribution in [3.63, 3.8) is 0 Å². The number of thiophene rings is 1. The standard InChI is InChI=1S/C21H24N6OS/c1-26(2)12-18-24-20(22-10-17(28)15-9-23-27(3)11-15)19-16(13-29-21(19)25-18)14-7-5-4-6-8-14/h4-9,11,13,17,28H,10,12H2,1-3H3,(H,22,24,25). The molecule has 0 radical (unpaired) electrons. The number of hydrogen-bond donors (Lipinski definition) is 2. The zero-order valence-corrected chi connectivity index (χ0v) is 17.5. The Morgan fingerprint density at radius 1 is 1.21 bits per heavy atom. The van der Waals surface area contributed by atoms with Gasteiger partial charge in [-0.2, -0.15) is 5.10 Å². The smallest absolute Gasteiger partial charge is 0.146 e. The Kier molecular flexibility index (Phi) is 5.57. The molecule has 0 saturated carbocycles. The van der Waals surface area contributed by atoms with E-state index in [1.165, 1.54) is 0 Å². The van der Waals surface area contributed by atoms with Crippen molar-refractivity contribution < 1.29 is 5.11 Å². The van der Waals surface area contributed by atoms with Gasteiger partial charge in [0.15, 0.2) is 0 Å². The Balaban J connectivity index is 1.71. The third-order valence-corrected chi connectivity index (χ3v) is 5.47. The van der Waals surface area contributed by atoms with E-state index in [0.29, 0.717) is 13.1 Å². The van der Waals surface area contributed by atoms with Crippen molar-refractivity contribution in [3.8, 4) is 11.1 Å². The first-order chi connectivity index (χ1) is 14.0. The molecule has 0 saturated heterocycles. The fourth-order valence-electron chi connectivity index (χ4n) is 3.22. The molecule has 0 fully saturated rings. The molecule has 7 nitrogen and oxygen atoms in total. The van der Waals surface area contributed by atoms with Gasteiger partial charge in [-0.15, -0.1) is 11.3 Å². The molecule has 2 N–H and O–H groups in total. The van der Waals surface area contributed by atoms with Gasteiger partial charge >= 0.3 is 0 Å². The van der Waals surface area contributed by atoms with Crippen molar-refractivity contribution in [1.82, 2.24) is 24.6 Å². The third kappa shape index (κ3) is 4.29. The fraction of sp³-hybridized carbons (Fsp3) is 0.286. The van der Waals surface area contributed by atoms with Gasteiger partial charge in [-0.3, -0.25) is 4.68 Å². The first kappa shape index (κ1) is 19.5. The minimum absolute atomic E-state index is 0.337. The Labute approximate surface area is 173 Å². The first-order valence-corrected chi connectivity index (χ1v) is 10.3. The van der Waals surface area contributed by atoms with Crippen LogP contribution in [-0.4, -0.2) is 50.4 Å². The number of anilines is 1. The van der Waals surface area contributed by atoms with Crippen molar-refractivity contribution in [2.75, 3.05) is 26.0 Å². The number of fused-ring (bicyclic) bond motifs is 1. The molecule has 3 heterocycles. The van der Waals surface area contributed by atoms with Gasteiger partial charge < -0.3 is 15.3 Å². The summed E-state index contributed by atoms with van der Waals surface area (Å²) in [6.45, 7) is 0.984. The second kappa shape index (κ2) is 8.28. The largest absolute Gasteiger partial charge is 0.386 e. The van der Waals surface area contributed by atoms with Crippen LogP contribution in [0.25, 0.3) is 21.3 Å². The van der Waals surface area contributed by atoms with E-state index in [0.717, 1.165) is 38.5 Å². The highest BCUT2D eigenvalue weighted by Crippen LogP contribution is 2.37. The van der Waals surface area contributed by atoms with Gasteiger partial charge in [0.2, 0.25) is 0 Å². The van der Waals surface area contributed by atoms with Gasteiger partial charge in [0.05, 0.1) is 24.2 Å². The van der Waals surface area contributed by atoms with E-state index in [9.17, 15) is 5.11 Å². The lowest BCUT2D eigenvalue weighted by Crippen LogP contribution is -2.16. The third-order valence-electron chi connectivity index (χ3n) is 4.59. The number of nitrogens with zero attached hydrogens (tertiary/aromatic N) is 5. The minimum Gasteiger partial charge on any atom is -0.386 e. The van der Waals surface area contributed by atoms with Crippen LogP contribution in [0.1, 0.15) is 17.5 Å². The molecule has 4 aromatic rings. The van der Waals surface area contributed by atoms with E-state index in [-0.39, 0.29) is 0 Å².